The highest BCUT2D eigenvalue weighted by molar-refractivity contribution is 7.98. The molecule has 0 unspecified atom stereocenters. The van der Waals surface area contributed by atoms with Gasteiger partial charge in [-0.15, -0.1) is 12.6 Å². The van der Waals surface area contributed by atoms with Gasteiger partial charge in [-0.3, -0.25) is 9.80 Å². The van der Waals surface area contributed by atoms with Crippen LogP contribution < -0.4 is 0 Å². The predicted molar refractivity (Wildman–Crippen MR) is 128 cm³/mol. The van der Waals surface area contributed by atoms with Crippen LogP contribution in [0.15, 0.2) is 40.6 Å². The van der Waals surface area contributed by atoms with Crippen LogP contribution in [0.4, 0.5) is 0 Å². The maximum atomic E-state index is 4.57. The summed E-state index contributed by atoms with van der Waals surface area (Å²) >= 11 is 6.15. The molecule has 0 aliphatic heterocycles. The molecule has 0 N–H and O–H groups in total. The monoisotopic (exact) mass is 432 g/mol. The number of nitrogens with zero attached hydrogens (tertiary/aromatic N) is 4. The first-order chi connectivity index (χ1) is 14.1. The van der Waals surface area contributed by atoms with E-state index in [4.69, 9.17) is 0 Å². The fourth-order valence-corrected chi connectivity index (χ4v) is 4.02. The number of hydrogen-bond acceptors (Lipinski definition) is 6. The van der Waals surface area contributed by atoms with Crippen LogP contribution in [0.1, 0.15) is 49.8 Å². The Kier molecular flexibility index (Phi) is 11.1. The van der Waals surface area contributed by atoms with Crippen molar-refractivity contribution in [3.05, 3.63) is 47.3 Å². The first-order valence-corrected chi connectivity index (χ1v) is 12.3. The molecule has 0 amide bonds. The molecule has 29 heavy (non-hydrogen) atoms. The van der Waals surface area contributed by atoms with Crippen molar-refractivity contribution >= 4 is 24.4 Å². The number of unbranched alkanes of at least 4 members (excludes halogenated alkanes) is 1. The summed E-state index contributed by atoms with van der Waals surface area (Å²) in [5.41, 5.74) is 3.90. The Morgan fingerprint density at radius 1 is 0.966 bits per heavy atom. The molecule has 0 aliphatic carbocycles. The molecule has 6 heteroatoms. The van der Waals surface area contributed by atoms with Crippen LogP contribution in [0.3, 0.4) is 0 Å². The summed E-state index contributed by atoms with van der Waals surface area (Å²) < 4.78 is 0. The van der Waals surface area contributed by atoms with Crippen LogP contribution in [-0.4, -0.2) is 52.2 Å². The van der Waals surface area contributed by atoms with Crippen LogP contribution >= 0.6 is 24.4 Å². The molecule has 2 aromatic rings. The van der Waals surface area contributed by atoms with E-state index in [0.717, 1.165) is 49.3 Å². The van der Waals surface area contributed by atoms with Crippen molar-refractivity contribution in [1.82, 2.24) is 19.8 Å². The van der Waals surface area contributed by atoms with Crippen molar-refractivity contribution in [2.45, 2.75) is 63.2 Å². The molecule has 0 radical (unpaired) electrons. The number of hydrogen-bond donors (Lipinski definition) is 1. The Balaban J connectivity index is 1.79. The fourth-order valence-electron chi connectivity index (χ4n) is 3.48. The van der Waals surface area contributed by atoms with Crippen LogP contribution in [0, 0.1) is 6.92 Å². The zero-order valence-electron chi connectivity index (χ0n) is 18.4. The largest absolute Gasteiger partial charge is 0.299 e. The second-order valence-corrected chi connectivity index (χ2v) is 8.75. The third kappa shape index (κ3) is 8.28. The number of thiol groups is 1. The molecule has 1 aromatic carbocycles. The first-order valence-electron chi connectivity index (χ1n) is 10.6. The Labute approximate surface area is 186 Å². The van der Waals surface area contributed by atoms with Gasteiger partial charge in [-0.2, -0.15) is 0 Å². The van der Waals surface area contributed by atoms with Crippen molar-refractivity contribution in [3.63, 3.8) is 0 Å². The number of aromatic nitrogens is 2. The lowest BCUT2D eigenvalue weighted by Gasteiger charge is -2.24. The summed E-state index contributed by atoms with van der Waals surface area (Å²) in [4.78, 5) is 15.0. The topological polar surface area (TPSA) is 32.3 Å². The Bertz CT molecular complexity index is 721. The van der Waals surface area contributed by atoms with E-state index in [1.54, 1.807) is 11.8 Å². The van der Waals surface area contributed by atoms with Gasteiger partial charge in [0.1, 0.15) is 0 Å². The molecule has 4 nitrogen and oxygen atoms in total. The number of thioether (sulfide) groups is 1. The zero-order chi connectivity index (χ0) is 21.1. The van der Waals surface area contributed by atoms with E-state index in [1.165, 1.54) is 36.0 Å². The van der Waals surface area contributed by atoms with Crippen molar-refractivity contribution in [2.24, 2.45) is 0 Å². The van der Waals surface area contributed by atoms with Gasteiger partial charge in [-0.25, -0.2) is 9.97 Å². The highest BCUT2D eigenvalue weighted by Gasteiger charge is 2.09. The molecule has 0 bridgehead atoms. The summed E-state index contributed by atoms with van der Waals surface area (Å²) in [6, 6.07) is 6.40. The molecule has 1 aromatic heterocycles. The quantitative estimate of drug-likeness (QED) is 0.201. The molecule has 0 saturated heterocycles. The lowest BCUT2D eigenvalue weighted by molar-refractivity contribution is 0.237. The minimum absolute atomic E-state index is 0.842. The van der Waals surface area contributed by atoms with E-state index in [9.17, 15) is 0 Å². The van der Waals surface area contributed by atoms with Crippen LogP contribution in [0.2, 0.25) is 0 Å². The van der Waals surface area contributed by atoms with Gasteiger partial charge in [0.25, 0.3) is 0 Å². The maximum Gasteiger partial charge on any atom is 0.187 e. The van der Waals surface area contributed by atoms with Gasteiger partial charge in [-0.1, -0.05) is 37.7 Å². The third-order valence-corrected chi connectivity index (χ3v) is 6.33. The average molecular weight is 433 g/mol. The molecule has 0 fully saturated rings. The second-order valence-electron chi connectivity index (χ2n) is 7.49. The summed E-state index contributed by atoms with van der Waals surface area (Å²) in [5.74, 6) is 0. The van der Waals surface area contributed by atoms with Gasteiger partial charge >= 0.3 is 0 Å². The van der Waals surface area contributed by atoms with Crippen LogP contribution in [-0.2, 0) is 13.1 Å². The van der Waals surface area contributed by atoms with Gasteiger partial charge < -0.3 is 0 Å². The van der Waals surface area contributed by atoms with Gasteiger partial charge in [-0.05, 0) is 75.8 Å². The van der Waals surface area contributed by atoms with Gasteiger partial charge in [0, 0.05) is 35.9 Å². The SMILES string of the molecule is CCCN(CCCCN(CC)Cc1cccc(S)c1C)Cc1cnc(SC)nc1. The minimum atomic E-state index is 0.842. The lowest BCUT2D eigenvalue weighted by Crippen LogP contribution is -2.28. The summed E-state index contributed by atoms with van der Waals surface area (Å²) in [6.45, 7) is 13.1. The van der Waals surface area contributed by atoms with Crippen LogP contribution in [0.25, 0.3) is 0 Å². The second kappa shape index (κ2) is 13.3. The Morgan fingerprint density at radius 3 is 2.28 bits per heavy atom. The summed E-state index contributed by atoms with van der Waals surface area (Å²) in [7, 11) is 0. The lowest BCUT2D eigenvalue weighted by atomic mass is 10.1. The molecule has 160 valence electrons. The average Bonchev–Trinajstić information content (AvgIpc) is 2.74. The highest BCUT2D eigenvalue weighted by atomic mass is 32.2. The zero-order valence-corrected chi connectivity index (χ0v) is 20.1. The van der Waals surface area contributed by atoms with E-state index in [2.05, 4.69) is 71.4 Å². The van der Waals surface area contributed by atoms with Crippen molar-refractivity contribution in [3.8, 4) is 0 Å². The maximum absolute atomic E-state index is 4.57. The van der Waals surface area contributed by atoms with Gasteiger partial charge in [0.15, 0.2) is 5.16 Å². The molecular formula is C23H36N4S2. The molecule has 0 spiro atoms. The molecule has 2 rings (SSSR count). The third-order valence-electron chi connectivity index (χ3n) is 5.27. The van der Waals surface area contributed by atoms with E-state index < -0.39 is 0 Å². The van der Waals surface area contributed by atoms with Crippen LogP contribution in [0.5, 0.6) is 0 Å². The van der Waals surface area contributed by atoms with Crippen molar-refractivity contribution in [1.29, 1.82) is 0 Å². The van der Waals surface area contributed by atoms with Crippen molar-refractivity contribution < 1.29 is 0 Å². The van der Waals surface area contributed by atoms with E-state index >= 15 is 0 Å². The molecular weight excluding hydrogens is 396 g/mol. The molecule has 1 heterocycles. The van der Waals surface area contributed by atoms with Gasteiger partial charge in [0.2, 0.25) is 0 Å². The van der Waals surface area contributed by atoms with E-state index in [0.29, 0.717) is 0 Å². The number of benzene rings is 1. The summed E-state index contributed by atoms with van der Waals surface area (Å²) in [5, 5.41) is 0.842. The van der Waals surface area contributed by atoms with E-state index in [-0.39, 0.29) is 0 Å². The smallest absolute Gasteiger partial charge is 0.187 e. The number of rotatable bonds is 13. The fraction of sp³-hybridized carbons (Fsp3) is 0.565. The van der Waals surface area contributed by atoms with E-state index in [1.807, 2.05) is 18.6 Å². The minimum Gasteiger partial charge on any atom is -0.299 e. The normalized spacial score (nSPS) is 11.6. The molecule has 0 saturated carbocycles. The van der Waals surface area contributed by atoms with Crippen molar-refractivity contribution in [2.75, 3.05) is 32.4 Å². The highest BCUT2D eigenvalue weighted by Crippen LogP contribution is 2.19. The standard InChI is InChI=1S/C23H36N4S2/c1-5-12-27(17-20-15-24-23(29-4)25-16-20)14-8-7-13-26(6-2)18-21-10-9-11-22(28)19(21)3/h9-11,15-16,28H,5-8,12-14,17-18H2,1-4H3. The molecule has 0 aliphatic rings. The predicted octanol–water partition coefficient (Wildman–Crippen LogP) is 5.31. The first kappa shape index (κ1) is 24.2. The summed E-state index contributed by atoms with van der Waals surface area (Å²) in [6.07, 6.45) is 9.55. The molecule has 0 atom stereocenters. The Hall–Kier alpha value is -1.08. The van der Waals surface area contributed by atoms with Gasteiger partial charge in [0.05, 0.1) is 0 Å². The Morgan fingerprint density at radius 2 is 1.66 bits per heavy atom.